The highest BCUT2D eigenvalue weighted by Crippen LogP contribution is 2.25. The van der Waals surface area contributed by atoms with Gasteiger partial charge in [-0.05, 0) is 23.5 Å². The van der Waals surface area contributed by atoms with Gasteiger partial charge >= 0.3 is 0 Å². The summed E-state index contributed by atoms with van der Waals surface area (Å²) >= 11 is 0. The first kappa shape index (κ1) is 10.2. The molecule has 0 aromatic heterocycles. The van der Waals surface area contributed by atoms with Gasteiger partial charge in [-0.25, -0.2) is 0 Å². The molecule has 1 aromatic carbocycles. The van der Waals surface area contributed by atoms with Crippen LogP contribution in [0.1, 0.15) is 29.9 Å². The van der Waals surface area contributed by atoms with Gasteiger partial charge in [-0.3, -0.25) is 4.79 Å². The summed E-state index contributed by atoms with van der Waals surface area (Å²) in [6.07, 6.45) is 1.65. The van der Waals surface area contributed by atoms with Crippen molar-refractivity contribution in [3.8, 4) is 0 Å². The highest BCUT2D eigenvalue weighted by atomic mass is 16.1. The maximum Gasteiger partial charge on any atom is 0.220 e. The van der Waals surface area contributed by atoms with E-state index in [-0.39, 0.29) is 5.91 Å². The van der Waals surface area contributed by atoms with Crippen molar-refractivity contribution in [3.63, 3.8) is 0 Å². The maximum absolute atomic E-state index is 11.2. The Balaban J connectivity index is 2.11. The van der Waals surface area contributed by atoms with Gasteiger partial charge in [0.1, 0.15) is 0 Å². The smallest absolute Gasteiger partial charge is 0.220 e. The van der Waals surface area contributed by atoms with Crippen LogP contribution >= 0.6 is 0 Å². The van der Waals surface area contributed by atoms with E-state index in [4.69, 9.17) is 5.73 Å². The largest absolute Gasteiger partial charge is 0.356 e. The maximum atomic E-state index is 11.2. The number of hydrogen-bond acceptors (Lipinski definition) is 2. The second-order valence-electron chi connectivity index (χ2n) is 3.99. The molecule has 15 heavy (non-hydrogen) atoms. The molecule has 1 fully saturated rings. The number of nitrogens with two attached hydrogens (primary N) is 1. The minimum Gasteiger partial charge on any atom is -0.356 e. The molecule has 0 bridgehead atoms. The van der Waals surface area contributed by atoms with E-state index in [9.17, 15) is 4.79 Å². The van der Waals surface area contributed by atoms with Gasteiger partial charge in [-0.15, -0.1) is 0 Å². The van der Waals surface area contributed by atoms with Crippen molar-refractivity contribution in [2.24, 2.45) is 5.73 Å². The third kappa shape index (κ3) is 2.36. The molecule has 1 unspecified atom stereocenters. The first-order chi connectivity index (χ1) is 7.29. The molecule has 1 atom stereocenters. The summed E-state index contributed by atoms with van der Waals surface area (Å²) < 4.78 is 0. The minimum atomic E-state index is 0.161. The lowest BCUT2D eigenvalue weighted by Gasteiger charge is -2.22. The van der Waals surface area contributed by atoms with Crippen LogP contribution in [0.3, 0.4) is 0 Å². The molecule has 0 aliphatic carbocycles. The third-order valence-corrected chi connectivity index (χ3v) is 2.93. The predicted molar refractivity (Wildman–Crippen MR) is 59.3 cm³/mol. The predicted octanol–water partition coefficient (Wildman–Crippen LogP) is 1.14. The van der Waals surface area contributed by atoms with Crippen LogP contribution in [0, 0.1) is 0 Å². The number of piperidine rings is 1. The Bertz CT molecular complexity index is 345. The second kappa shape index (κ2) is 4.45. The second-order valence-corrected chi connectivity index (χ2v) is 3.99. The van der Waals surface area contributed by atoms with Crippen LogP contribution < -0.4 is 11.1 Å². The lowest BCUT2D eigenvalue weighted by Crippen LogP contribution is -2.32. The van der Waals surface area contributed by atoms with Crippen LogP contribution in [-0.2, 0) is 11.3 Å². The molecule has 0 saturated carbocycles. The highest BCUT2D eigenvalue weighted by Gasteiger charge is 2.20. The molecule has 1 amide bonds. The van der Waals surface area contributed by atoms with E-state index >= 15 is 0 Å². The lowest BCUT2D eigenvalue weighted by molar-refractivity contribution is -0.122. The van der Waals surface area contributed by atoms with Crippen LogP contribution in [0.15, 0.2) is 24.3 Å². The molecule has 1 saturated heterocycles. The van der Waals surface area contributed by atoms with Gasteiger partial charge in [0.15, 0.2) is 0 Å². The van der Waals surface area contributed by atoms with Crippen molar-refractivity contribution in [3.05, 3.63) is 35.4 Å². The Labute approximate surface area is 89.7 Å². The molecule has 0 spiro atoms. The normalized spacial score (nSPS) is 21.1. The Morgan fingerprint density at radius 2 is 2.07 bits per heavy atom. The van der Waals surface area contributed by atoms with Crippen molar-refractivity contribution in [2.45, 2.75) is 25.3 Å². The van der Waals surface area contributed by atoms with E-state index in [0.717, 1.165) is 18.5 Å². The molecule has 80 valence electrons. The van der Waals surface area contributed by atoms with Gasteiger partial charge < -0.3 is 11.1 Å². The average molecular weight is 204 g/mol. The Morgan fingerprint density at radius 3 is 2.67 bits per heavy atom. The van der Waals surface area contributed by atoms with E-state index < -0.39 is 0 Å². The number of carbonyl (C=O) groups is 1. The van der Waals surface area contributed by atoms with E-state index in [2.05, 4.69) is 17.4 Å². The van der Waals surface area contributed by atoms with Crippen molar-refractivity contribution >= 4 is 5.91 Å². The fourth-order valence-corrected chi connectivity index (χ4v) is 1.99. The topological polar surface area (TPSA) is 55.1 Å². The first-order valence-corrected chi connectivity index (χ1v) is 5.35. The van der Waals surface area contributed by atoms with Crippen LogP contribution in [0.5, 0.6) is 0 Å². The molecule has 3 nitrogen and oxygen atoms in total. The summed E-state index contributed by atoms with van der Waals surface area (Å²) in [6, 6.07) is 8.26. The molecule has 1 aromatic rings. The number of rotatable bonds is 2. The van der Waals surface area contributed by atoms with E-state index in [1.54, 1.807) is 0 Å². The Kier molecular flexibility index (Phi) is 3.02. The molecule has 1 aliphatic heterocycles. The molecular formula is C12H16N2O. The molecule has 1 aliphatic rings. The number of nitrogens with one attached hydrogen (secondary N) is 1. The minimum absolute atomic E-state index is 0.161. The molecule has 2 rings (SSSR count). The molecule has 1 heterocycles. The van der Waals surface area contributed by atoms with Crippen molar-refractivity contribution in [1.29, 1.82) is 0 Å². The van der Waals surface area contributed by atoms with Crippen molar-refractivity contribution in [2.75, 3.05) is 6.54 Å². The third-order valence-electron chi connectivity index (χ3n) is 2.93. The summed E-state index contributed by atoms with van der Waals surface area (Å²) in [5.41, 5.74) is 7.93. The van der Waals surface area contributed by atoms with Gasteiger partial charge in [-0.1, -0.05) is 24.3 Å². The summed E-state index contributed by atoms with van der Waals surface area (Å²) in [5, 5.41) is 2.85. The van der Waals surface area contributed by atoms with Crippen LogP contribution in [-0.4, -0.2) is 12.5 Å². The summed E-state index contributed by atoms with van der Waals surface area (Å²) in [5.74, 6) is 0.541. The van der Waals surface area contributed by atoms with E-state index in [1.807, 2.05) is 12.1 Å². The fourth-order valence-electron chi connectivity index (χ4n) is 1.99. The Hall–Kier alpha value is -1.35. The van der Waals surface area contributed by atoms with E-state index in [1.165, 1.54) is 5.56 Å². The van der Waals surface area contributed by atoms with Gasteiger partial charge in [0, 0.05) is 19.5 Å². The molecular weight excluding hydrogens is 188 g/mol. The van der Waals surface area contributed by atoms with Crippen LogP contribution in [0.4, 0.5) is 0 Å². The van der Waals surface area contributed by atoms with Crippen LogP contribution in [0.25, 0.3) is 0 Å². The van der Waals surface area contributed by atoms with Gasteiger partial charge in [0.2, 0.25) is 5.91 Å². The highest BCUT2D eigenvalue weighted by molar-refractivity contribution is 5.77. The van der Waals surface area contributed by atoms with Gasteiger partial charge in [0.05, 0.1) is 0 Å². The van der Waals surface area contributed by atoms with E-state index in [0.29, 0.717) is 18.9 Å². The first-order valence-electron chi connectivity index (χ1n) is 5.35. The average Bonchev–Trinajstić information content (AvgIpc) is 2.29. The van der Waals surface area contributed by atoms with Gasteiger partial charge in [-0.2, -0.15) is 0 Å². The molecule has 3 heteroatoms. The van der Waals surface area contributed by atoms with Crippen molar-refractivity contribution in [1.82, 2.24) is 5.32 Å². The summed E-state index contributed by atoms with van der Waals surface area (Å²) in [4.78, 5) is 11.2. The number of hydrogen-bond donors (Lipinski definition) is 2. The number of benzene rings is 1. The van der Waals surface area contributed by atoms with Crippen molar-refractivity contribution < 1.29 is 4.79 Å². The fraction of sp³-hybridized carbons (Fsp3) is 0.417. The zero-order chi connectivity index (χ0) is 10.7. The van der Waals surface area contributed by atoms with Crippen LogP contribution in [0.2, 0.25) is 0 Å². The molecule has 0 radical (unpaired) electrons. The standard InChI is InChI=1S/C12H16N2O/c13-8-9-1-3-10(4-2-9)11-5-6-14-12(15)7-11/h1-4,11H,5-8,13H2,(H,14,15). The lowest BCUT2D eigenvalue weighted by atomic mass is 9.89. The monoisotopic (exact) mass is 204 g/mol. The SMILES string of the molecule is NCc1ccc(C2CCNC(=O)C2)cc1. The quantitative estimate of drug-likeness (QED) is 0.759. The molecule has 3 N–H and O–H groups in total. The number of amides is 1. The zero-order valence-electron chi connectivity index (χ0n) is 8.70. The van der Waals surface area contributed by atoms with Gasteiger partial charge in [0.25, 0.3) is 0 Å². The number of carbonyl (C=O) groups excluding carboxylic acids is 1. The summed E-state index contributed by atoms with van der Waals surface area (Å²) in [6.45, 7) is 1.37. The summed E-state index contributed by atoms with van der Waals surface area (Å²) in [7, 11) is 0. The zero-order valence-corrected chi connectivity index (χ0v) is 8.70. The Morgan fingerprint density at radius 1 is 1.33 bits per heavy atom.